The third-order valence-electron chi connectivity index (χ3n) is 4.86. The molecule has 3 aromatic heterocycles. The number of para-hydroxylation sites is 1. The number of pyridine rings is 2. The lowest BCUT2D eigenvalue weighted by molar-refractivity contribution is 0.0943. The van der Waals surface area contributed by atoms with Crippen molar-refractivity contribution in [3.8, 4) is 5.75 Å². The molecular formula is C22H17N3O3. The van der Waals surface area contributed by atoms with Crippen LogP contribution in [0.3, 0.4) is 0 Å². The summed E-state index contributed by atoms with van der Waals surface area (Å²) in [4.78, 5) is 21.5. The molecule has 4 heterocycles. The van der Waals surface area contributed by atoms with E-state index in [1.165, 1.54) is 0 Å². The maximum Gasteiger partial charge on any atom is 0.270 e. The van der Waals surface area contributed by atoms with Crippen molar-refractivity contribution in [2.45, 2.75) is 19.1 Å². The summed E-state index contributed by atoms with van der Waals surface area (Å²) in [6.45, 7) is 0.315. The quantitative estimate of drug-likeness (QED) is 0.590. The van der Waals surface area contributed by atoms with E-state index in [0.29, 0.717) is 18.0 Å². The Hall–Kier alpha value is -3.67. The molecule has 4 aromatic rings. The molecule has 1 unspecified atom stereocenters. The lowest BCUT2D eigenvalue weighted by Crippen LogP contribution is -2.23. The highest BCUT2D eigenvalue weighted by molar-refractivity contribution is 5.95. The highest BCUT2D eigenvalue weighted by Crippen LogP contribution is 2.37. The van der Waals surface area contributed by atoms with Crippen LogP contribution in [-0.2, 0) is 13.0 Å². The molecule has 1 aliphatic heterocycles. The van der Waals surface area contributed by atoms with Crippen molar-refractivity contribution >= 4 is 16.8 Å². The molecule has 0 aliphatic carbocycles. The number of nitrogens with zero attached hydrogens (tertiary/aromatic N) is 2. The number of hydrogen-bond donors (Lipinski definition) is 1. The normalized spacial score (nSPS) is 15.2. The van der Waals surface area contributed by atoms with E-state index < -0.39 is 0 Å². The number of carbonyl (C=O) groups is 1. The van der Waals surface area contributed by atoms with E-state index in [1.54, 1.807) is 30.8 Å². The molecule has 1 aliphatic rings. The first-order valence-electron chi connectivity index (χ1n) is 9.08. The largest absolute Gasteiger partial charge is 0.485 e. The van der Waals surface area contributed by atoms with E-state index >= 15 is 0 Å². The maximum absolute atomic E-state index is 12.5. The second kappa shape index (κ2) is 6.81. The zero-order chi connectivity index (χ0) is 18.9. The van der Waals surface area contributed by atoms with E-state index in [4.69, 9.17) is 9.15 Å². The number of carbonyl (C=O) groups excluding carboxylic acids is 1. The summed E-state index contributed by atoms with van der Waals surface area (Å²) in [5, 5.41) is 3.70. The van der Waals surface area contributed by atoms with Gasteiger partial charge in [0.15, 0.2) is 0 Å². The molecule has 28 heavy (non-hydrogen) atoms. The molecule has 1 amide bonds. The number of ether oxygens (including phenoxy) is 1. The molecule has 1 atom stereocenters. The van der Waals surface area contributed by atoms with Crippen LogP contribution in [0.1, 0.15) is 33.5 Å². The fourth-order valence-electron chi connectivity index (χ4n) is 3.45. The molecule has 0 fully saturated rings. The van der Waals surface area contributed by atoms with Gasteiger partial charge in [-0.1, -0.05) is 18.2 Å². The minimum atomic E-state index is -0.253. The molecule has 5 rings (SSSR count). The standard InChI is InChI=1S/C22H17N3O3/c26-22(24-12-16-5-3-9-27-16)18-8-7-15-11-23-13-17(21(15)25-18)20-10-14-4-1-2-6-19(14)28-20/h1-9,11,13,20H,10,12H2,(H,24,26). The van der Waals surface area contributed by atoms with Crippen molar-refractivity contribution in [1.82, 2.24) is 15.3 Å². The van der Waals surface area contributed by atoms with Gasteiger partial charge in [0, 0.05) is 29.8 Å². The molecule has 0 saturated heterocycles. The molecule has 1 N–H and O–H groups in total. The van der Waals surface area contributed by atoms with Crippen molar-refractivity contribution < 1.29 is 13.9 Å². The number of furan rings is 1. The fourth-order valence-corrected chi connectivity index (χ4v) is 3.45. The summed E-state index contributed by atoms with van der Waals surface area (Å²) in [6.07, 6.45) is 5.69. The maximum atomic E-state index is 12.5. The van der Waals surface area contributed by atoms with E-state index in [1.807, 2.05) is 30.3 Å². The number of aromatic nitrogens is 2. The minimum absolute atomic E-state index is 0.164. The summed E-state index contributed by atoms with van der Waals surface area (Å²) >= 11 is 0. The number of amides is 1. The highest BCUT2D eigenvalue weighted by atomic mass is 16.5. The summed E-state index contributed by atoms with van der Waals surface area (Å²) in [6, 6.07) is 15.2. The number of nitrogens with one attached hydrogen (secondary N) is 1. The summed E-state index contributed by atoms with van der Waals surface area (Å²) in [5.41, 5.74) is 3.13. The van der Waals surface area contributed by atoms with Gasteiger partial charge in [-0.05, 0) is 35.9 Å². The molecule has 0 radical (unpaired) electrons. The molecule has 138 valence electrons. The Balaban J connectivity index is 1.44. The van der Waals surface area contributed by atoms with Crippen LogP contribution in [0.2, 0.25) is 0 Å². The number of hydrogen-bond acceptors (Lipinski definition) is 5. The van der Waals surface area contributed by atoms with Gasteiger partial charge in [0.25, 0.3) is 5.91 Å². The van der Waals surface area contributed by atoms with Crippen LogP contribution < -0.4 is 10.1 Å². The van der Waals surface area contributed by atoms with E-state index in [0.717, 1.165) is 34.2 Å². The molecule has 6 nitrogen and oxygen atoms in total. The van der Waals surface area contributed by atoms with E-state index in [9.17, 15) is 4.79 Å². The second-order valence-electron chi connectivity index (χ2n) is 6.68. The second-order valence-corrected chi connectivity index (χ2v) is 6.68. The van der Waals surface area contributed by atoms with Crippen LogP contribution in [-0.4, -0.2) is 15.9 Å². The zero-order valence-corrected chi connectivity index (χ0v) is 15.0. The summed E-state index contributed by atoms with van der Waals surface area (Å²) in [7, 11) is 0. The number of rotatable bonds is 4. The van der Waals surface area contributed by atoms with Crippen LogP contribution in [0.25, 0.3) is 10.9 Å². The van der Waals surface area contributed by atoms with Crippen LogP contribution in [0.15, 0.2) is 71.6 Å². The van der Waals surface area contributed by atoms with Gasteiger partial charge in [-0.15, -0.1) is 0 Å². The average Bonchev–Trinajstić information content (AvgIpc) is 3.40. The zero-order valence-electron chi connectivity index (χ0n) is 15.0. The fraction of sp³-hybridized carbons (Fsp3) is 0.136. The van der Waals surface area contributed by atoms with E-state index in [2.05, 4.69) is 21.4 Å². The third kappa shape index (κ3) is 2.99. The Kier molecular flexibility index (Phi) is 4.01. The molecule has 6 heteroatoms. The predicted molar refractivity (Wildman–Crippen MR) is 103 cm³/mol. The summed E-state index contributed by atoms with van der Waals surface area (Å²) < 4.78 is 11.4. The van der Waals surface area contributed by atoms with Gasteiger partial charge in [-0.25, -0.2) is 4.98 Å². The Morgan fingerprint density at radius 3 is 2.89 bits per heavy atom. The van der Waals surface area contributed by atoms with Crippen LogP contribution in [0, 0.1) is 0 Å². The average molecular weight is 371 g/mol. The van der Waals surface area contributed by atoms with Crippen molar-refractivity contribution in [3.05, 3.63) is 89.8 Å². The minimum Gasteiger partial charge on any atom is -0.485 e. The van der Waals surface area contributed by atoms with E-state index in [-0.39, 0.29) is 12.0 Å². The van der Waals surface area contributed by atoms with Gasteiger partial charge in [-0.2, -0.15) is 0 Å². The number of benzene rings is 1. The van der Waals surface area contributed by atoms with Gasteiger partial charge in [0.2, 0.25) is 0 Å². The van der Waals surface area contributed by atoms with Crippen LogP contribution in [0.4, 0.5) is 0 Å². The Morgan fingerprint density at radius 1 is 1.11 bits per heavy atom. The Labute approximate surface area is 161 Å². The Bertz CT molecular complexity index is 1130. The van der Waals surface area contributed by atoms with Gasteiger partial charge >= 0.3 is 0 Å². The van der Waals surface area contributed by atoms with Crippen molar-refractivity contribution in [1.29, 1.82) is 0 Å². The first-order valence-corrected chi connectivity index (χ1v) is 9.08. The van der Waals surface area contributed by atoms with Gasteiger partial charge in [-0.3, -0.25) is 9.78 Å². The highest BCUT2D eigenvalue weighted by Gasteiger charge is 2.26. The van der Waals surface area contributed by atoms with Gasteiger partial charge in [0.05, 0.1) is 18.3 Å². The molecule has 0 saturated carbocycles. The van der Waals surface area contributed by atoms with Crippen molar-refractivity contribution in [3.63, 3.8) is 0 Å². The number of fused-ring (bicyclic) bond motifs is 2. The predicted octanol–water partition coefficient (Wildman–Crippen LogP) is 3.83. The van der Waals surface area contributed by atoms with Crippen molar-refractivity contribution in [2.75, 3.05) is 0 Å². The molecule has 0 bridgehead atoms. The Morgan fingerprint density at radius 2 is 2.04 bits per heavy atom. The van der Waals surface area contributed by atoms with Crippen LogP contribution in [0.5, 0.6) is 5.75 Å². The topological polar surface area (TPSA) is 77.2 Å². The lowest BCUT2D eigenvalue weighted by atomic mass is 10.0. The first-order chi connectivity index (χ1) is 13.8. The third-order valence-corrected chi connectivity index (χ3v) is 4.86. The smallest absolute Gasteiger partial charge is 0.270 e. The summed E-state index contributed by atoms with van der Waals surface area (Å²) in [5.74, 6) is 1.32. The van der Waals surface area contributed by atoms with Crippen molar-refractivity contribution in [2.24, 2.45) is 0 Å². The SMILES string of the molecule is O=C(NCc1ccco1)c1ccc2cncc(C3Cc4ccccc4O3)c2n1. The molecule has 1 aromatic carbocycles. The lowest BCUT2D eigenvalue weighted by Gasteiger charge is -2.13. The van der Waals surface area contributed by atoms with Gasteiger partial charge in [0.1, 0.15) is 23.3 Å². The molecular weight excluding hydrogens is 354 g/mol. The molecule has 0 spiro atoms. The first kappa shape index (κ1) is 16.5. The van der Waals surface area contributed by atoms with Gasteiger partial charge < -0.3 is 14.5 Å². The monoisotopic (exact) mass is 371 g/mol. The van der Waals surface area contributed by atoms with Crippen LogP contribution >= 0.6 is 0 Å².